The van der Waals surface area contributed by atoms with Gasteiger partial charge in [0.05, 0.1) is 11.9 Å². The number of aryl methyl sites for hydroxylation is 1. The molecule has 3 rings (SSSR count). The topological polar surface area (TPSA) is 92.5 Å². The Hall–Kier alpha value is -2.96. The second-order valence-corrected chi connectivity index (χ2v) is 6.45. The normalized spacial score (nSPS) is 14.9. The first-order valence-electron chi connectivity index (χ1n) is 8.58. The molecular weight excluding hydrogens is 334 g/mol. The molecule has 136 valence electrons. The van der Waals surface area contributed by atoms with Gasteiger partial charge in [0.15, 0.2) is 5.78 Å². The number of hydrogen-bond donors (Lipinski definition) is 1. The standard InChI is InChI=1S/C19H21N3O4/c1-12(23)15-5-3-4-6-17(15)21-18(24)14-7-9-22(10-8-14)19(25)16-11-20-26-13(16)2/h3-6,11,14H,7-10H2,1-2H3,(H,21,24). The maximum absolute atomic E-state index is 12.6. The Morgan fingerprint density at radius 1 is 1.15 bits per heavy atom. The Morgan fingerprint density at radius 2 is 1.85 bits per heavy atom. The summed E-state index contributed by atoms with van der Waals surface area (Å²) in [5.41, 5.74) is 1.49. The predicted molar refractivity (Wildman–Crippen MR) is 94.9 cm³/mol. The fraction of sp³-hybridized carbons (Fsp3) is 0.368. The van der Waals surface area contributed by atoms with Gasteiger partial charge in [-0.2, -0.15) is 0 Å². The van der Waals surface area contributed by atoms with Gasteiger partial charge in [-0.3, -0.25) is 14.4 Å². The molecular formula is C19H21N3O4. The van der Waals surface area contributed by atoms with Crippen LogP contribution < -0.4 is 5.32 Å². The van der Waals surface area contributed by atoms with E-state index in [1.165, 1.54) is 13.1 Å². The molecule has 26 heavy (non-hydrogen) atoms. The smallest absolute Gasteiger partial charge is 0.259 e. The highest BCUT2D eigenvalue weighted by Crippen LogP contribution is 2.23. The number of rotatable bonds is 4. The van der Waals surface area contributed by atoms with E-state index in [9.17, 15) is 14.4 Å². The maximum Gasteiger partial charge on any atom is 0.259 e. The largest absolute Gasteiger partial charge is 0.361 e. The van der Waals surface area contributed by atoms with E-state index in [4.69, 9.17) is 4.52 Å². The van der Waals surface area contributed by atoms with E-state index in [0.29, 0.717) is 48.5 Å². The minimum Gasteiger partial charge on any atom is -0.361 e. The molecule has 0 atom stereocenters. The second kappa shape index (κ2) is 7.51. The van der Waals surface area contributed by atoms with Crippen LogP contribution in [0.4, 0.5) is 5.69 Å². The molecule has 1 saturated heterocycles. The van der Waals surface area contributed by atoms with Crippen LogP contribution >= 0.6 is 0 Å². The summed E-state index contributed by atoms with van der Waals surface area (Å²) in [5, 5.41) is 6.49. The lowest BCUT2D eigenvalue weighted by molar-refractivity contribution is -0.121. The van der Waals surface area contributed by atoms with Crippen molar-refractivity contribution in [2.45, 2.75) is 26.7 Å². The Morgan fingerprint density at radius 3 is 2.46 bits per heavy atom. The average Bonchev–Trinajstić information content (AvgIpc) is 3.07. The van der Waals surface area contributed by atoms with Crippen molar-refractivity contribution in [3.8, 4) is 0 Å². The van der Waals surface area contributed by atoms with E-state index in [1.807, 2.05) is 0 Å². The highest BCUT2D eigenvalue weighted by Gasteiger charge is 2.29. The summed E-state index contributed by atoms with van der Waals surface area (Å²) in [7, 11) is 0. The molecule has 2 amide bonds. The zero-order chi connectivity index (χ0) is 18.7. The molecule has 2 heterocycles. The van der Waals surface area contributed by atoms with Crippen molar-refractivity contribution in [1.29, 1.82) is 0 Å². The SMILES string of the molecule is CC(=O)c1ccccc1NC(=O)C1CCN(C(=O)c2cnoc2C)CC1. The number of Topliss-reactive ketones (excluding diaryl/α,β-unsaturated/α-hetero) is 1. The van der Waals surface area contributed by atoms with Crippen LogP contribution in [0.2, 0.25) is 0 Å². The second-order valence-electron chi connectivity index (χ2n) is 6.45. The number of benzene rings is 1. The third kappa shape index (κ3) is 3.66. The van der Waals surface area contributed by atoms with Crippen molar-refractivity contribution in [3.05, 3.63) is 47.3 Å². The molecule has 7 heteroatoms. The summed E-state index contributed by atoms with van der Waals surface area (Å²) in [6, 6.07) is 6.97. The number of carbonyl (C=O) groups is 3. The number of nitrogens with zero attached hydrogens (tertiary/aromatic N) is 2. The highest BCUT2D eigenvalue weighted by atomic mass is 16.5. The number of para-hydroxylation sites is 1. The van der Waals surface area contributed by atoms with Gasteiger partial charge >= 0.3 is 0 Å². The Bertz CT molecular complexity index is 835. The van der Waals surface area contributed by atoms with Gasteiger partial charge < -0.3 is 14.7 Å². The van der Waals surface area contributed by atoms with Gasteiger partial charge in [0.25, 0.3) is 5.91 Å². The molecule has 1 fully saturated rings. The van der Waals surface area contributed by atoms with Gasteiger partial charge in [-0.05, 0) is 38.8 Å². The lowest BCUT2D eigenvalue weighted by atomic mass is 9.95. The molecule has 7 nitrogen and oxygen atoms in total. The first kappa shape index (κ1) is 17.8. The van der Waals surface area contributed by atoms with Crippen LogP contribution in [0.15, 0.2) is 35.0 Å². The van der Waals surface area contributed by atoms with Crippen LogP contribution in [0.1, 0.15) is 46.2 Å². The van der Waals surface area contributed by atoms with Crippen molar-refractivity contribution >= 4 is 23.3 Å². The molecule has 0 radical (unpaired) electrons. The average molecular weight is 355 g/mol. The van der Waals surface area contributed by atoms with Crippen LogP contribution in [0.25, 0.3) is 0 Å². The zero-order valence-electron chi connectivity index (χ0n) is 14.8. The van der Waals surface area contributed by atoms with E-state index in [0.717, 1.165) is 0 Å². The minimum absolute atomic E-state index is 0.0922. The summed E-state index contributed by atoms with van der Waals surface area (Å²) in [5.74, 6) is -0.0276. The number of likely N-dealkylation sites (tertiary alicyclic amines) is 1. The number of ketones is 1. The molecule has 1 aromatic heterocycles. The maximum atomic E-state index is 12.6. The van der Waals surface area contributed by atoms with Gasteiger partial charge in [0.2, 0.25) is 5.91 Å². The van der Waals surface area contributed by atoms with Crippen molar-refractivity contribution in [2.75, 3.05) is 18.4 Å². The molecule has 1 N–H and O–H groups in total. The number of anilines is 1. The third-order valence-corrected chi connectivity index (χ3v) is 4.70. The van der Waals surface area contributed by atoms with Gasteiger partial charge in [-0.15, -0.1) is 0 Å². The summed E-state index contributed by atoms with van der Waals surface area (Å²) < 4.78 is 4.94. The van der Waals surface area contributed by atoms with E-state index < -0.39 is 0 Å². The molecule has 1 aliphatic rings. The van der Waals surface area contributed by atoms with Crippen LogP contribution in [0.5, 0.6) is 0 Å². The van der Waals surface area contributed by atoms with Gasteiger partial charge in [-0.1, -0.05) is 17.3 Å². The van der Waals surface area contributed by atoms with Crippen LogP contribution in [0.3, 0.4) is 0 Å². The van der Waals surface area contributed by atoms with Crippen LogP contribution in [0, 0.1) is 12.8 Å². The third-order valence-electron chi connectivity index (χ3n) is 4.70. The molecule has 0 aliphatic carbocycles. The molecule has 1 aliphatic heterocycles. The minimum atomic E-state index is -0.192. The van der Waals surface area contributed by atoms with Crippen molar-refractivity contribution in [2.24, 2.45) is 5.92 Å². The van der Waals surface area contributed by atoms with E-state index in [2.05, 4.69) is 10.5 Å². The fourth-order valence-electron chi connectivity index (χ4n) is 3.15. The first-order chi connectivity index (χ1) is 12.5. The quantitative estimate of drug-likeness (QED) is 0.851. The molecule has 0 unspecified atom stereocenters. The molecule has 2 aromatic rings. The highest BCUT2D eigenvalue weighted by molar-refractivity contribution is 6.04. The number of nitrogens with one attached hydrogen (secondary N) is 1. The summed E-state index contributed by atoms with van der Waals surface area (Å²) >= 11 is 0. The molecule has 0 saturated carbocycles. The first-order valence-corrected chi connectivity index (χ1v) is 8.58. The van der Waals surface area contributed by atoms with E-state index in [1.54, 1.807) is 36.1 Å². The Balaban J connectivity index is 1.60. The van der Waals surface area contributed by atoms with E-state index >= 15 is 0 Å². The number of aromatic nitrogens is 1. The molecule has 1 aromatic carbocycles. The van der Waals surface area contributed by atoms with Crippen LogP contribution in [-0.2, 0) is 4.79 Å². The number of hydrogen-bond acceptors (Lipinski definition) is 5. The zero-order valence-corrected chi connectivity index (χ0v) is 14.8. The summed E-state index contributed by atoms with van der Waals surface area (Å²) in [4.78, 5) is 38.4. The van der Waals surface area contributed by atoms with E-state index in [-0.39, 0.29) is 23.5 Å². The van der Waals surface area contributed by atoms with Crippen molar-refractivity contribution in [1.82, 2.24) is 10.1 Å². The number of piperidine rings is 1. The number of carbonyl (C=O) groups excluding carboxylic acids is 3. The predicted octanol–water partition coefficient (Wildman–Crippen LogP) is 2.68. The fourth-order valence-corrected chi connectivity index (χ4v) is 3.15. The van der Waals surface area contributed by atoms with Gasteiger partial charge in [0, 0.05) is 24.6 Å². The lowest BCUT2D eigenvalue weighted by Gasteiger charge is -2.31. The van der Waals surface area contributed by atoms with Gasteiger partial charge in [0.1, 0.15) is 11.3 Å². The van der Waals surface area contributed by atoms with Crippen molar-refractivity contribution in [3.63, 3.8) is 0 Å². The van der Waals surface area contributed by atoms with Crippen LogP contribution in [-0.4, -0.2) is 40.7 Å². The number of amides is 2. The summed E-state index contributed by atoms with van der Waals surface area (Å²) in [6.45, 7) is 4.17. The molecule has 0 spiro atoms. The molecule has 0 bridgehead atoms. The monoisotopic (exact) mass is 355 g/mol. The van der Waals surface area contributed by atoms with Gasteiger partial charge in [-0.25, -0.2) is 0 Å². The summed E-state index contributed by atoms with van der Waals surface area (Å²) in [6.07, 6.45) is 2.57. The van der Waals surface area contributed by atoms with Crippen molar-refractivity contribution < 1.29 is 18.9 Å². The Labute approximate surface area is 151 Å². The lowest BCUT2D eigenvalue weighted by Crippen LogP contribution is -2.41. The Kier molecular flexibility index (Phi) is 5.16.